The molecule has 0 saturated carbocycles. The Kier molecular flexibility index (Phi) is 4.50. The fourth-order valence-electron chi connectivity index (χ4n) is 1.58. The topological polar surface area (TPSA) is 43.1 Å². The Hall–Kier alpha value is -1.15. The summed E-state index contributed by atoms with van der Waals surface area (Å²) in [4.78, 5) is 11.8. The highest BCUT2D eigenvalue weighted by molar-refractivity contribution is 5.83. The van der Waals surface area contributed by atoms with Gasteiger partial charge in [0, 0.05) is 18.9 Å². The molecule has 0 heterocycles. The van der Waals surface area contributed by atoms with Crippen molar-refractivity contribution in [3.05, 3.63) is 35.4 Å². The standard InChI is InChI=1S/C13H19NO/c1-3-12(9-14)13(15)8-11-6-4-10(2)5-7-11/h4-7,12H,3,8-9,14H2,1-2H3. The van der Waals surface area contributed by atoms with Gasteiger partial charge in [-0.1, -0.05) is 36.8 Å². The third-order valence-electron chi connectivity index (χ3n) is 2.73. The minimum absolute atomic E-state index is 0.0197. The Morgan fingerprint density at radius 1 is 1.33 bits per heavy atom. The van der Waals surface area contributed by atoms with Crippen molar-refractivity contribution in [1.82, 2.24) is 0 Å². The van der Waals surface area contributed by atoms with E-state index >= 15 is 0 Å². The van der Waals surface area contributed by atoms with E-state index in [2.05, 4.69) is 0 Å². The number of carbonyl (C=O) groups is 1. The molecule has 0 aromatic heterocycles. The van der Waals surface area contributed by atoms with Gasteiger partial charge in [-0.3, -0.25) is 4.79 Å². The van der Waals surface area contributed by atoms with Crippen molar-refractivity contribution in [2.24, 2.45) is 11.7 Å². The van der Waals surface area contributed by atoms with E-state index in [9.17, 15) is 4.79 Å². The van der Waals surface area contributed by atoms with Gasteiger partial charge in [-0.25, -0.2) is 0 Å². The molecule has 0 aliphatic heterocycles. The molecule has 1 aromatic carbocycles. The van der Waals surface area contributed by atoms with E-state index in [1.54, 1.807) is 0 Å². The highest BCUT2D eigenvalue weighted by Gasteiger charge is 2.14. The first kappa shape index (κ1) is 11.9. The molecule has 1 rings (SSSR count). The maximum Gasteiger partial charge on any atom is 0.141 e. The van der Waals surface area contributed by atoms with Crippen molar-refractivity contribution in [1.29, 1.82) is 0 Å². The molecule has 1 unspecified atom stereocenters. The molecule has 15 heavy (non-hydrogen) atoms. The third-order valence-corrected chi connectivity index (χ3v) is 2.73. The van der Waals surface area contributed by atoms with Gasteiger partial charge < -0.3 is 5.73 Å². The first-order chi connectivity index (χ1) is 7.17. The van der Waals surface area contributed by atoms with Crippen LogP contribution in [-0.2, 0) is 11.2 Å². The number of hydrogen-bond donors (Lipinski definition) is 1. The van der Waals surface area contributed by atoms with Crippen LogP contribution in [0.2, 0.25) is 0 Å². The van der Waals surface area contributed by atoms with Crippen LogP contribution in [0, 0.1) is 12.8 Å². The summed E-state index contributed by atoms with van der Waals surface area (Å²) >= 11 is 0. The number of benzene rings is 1. The zero-order valence-corrected chi connectivity index (χ0v) is 9.49. The van der Waals surface area contributed by atoms with Gasteiger partial charge in [0.05, 0.1) is 0 Å². The van der Waals surface area contributed by atoms with Crippen LogP contribution >= 0.6 is 0 Å². The highest BCUT2D eigenvalue weighted by atomic mass is 16.1. The maximum absolute atomic E-state index is 11.8. The van der Waals surface area contributed by atoms with E-state index in [4.69, 9.17) is 5.73 Å². The van der Waals surface area contributed by atoms with Crippen molar-refractivity contribution in [2.75, 3.05) is 6.54 Å². The summed E-state index contributed by atoms with van der Waals surface area (Å²) in [6, 6.07) is 8.09. The molecule has 2 nitrogen and oxygen atoms in total. The third kappa shape index (κ3) is 3.48. The monoisotopic (exact) mass is 205 g/mol. The lowest BCUT2D eigenvalue weighted by molar-refractivity contribution is -0.122. The zero-order chi connectivity index (χ0) is 11.3. The summed E-state index contributed by atoms with van der Waals surface area (Å²) in [6.07, 6.45) is 1.34. The summed E-state index contributed by atoms with van der Waals surface area (Å²) in [7, 11) is 0. The van der Waals surface area contributed by atoms with Gasteiger partial charge in [-0.2, -0.15) is 0 Å². The molecular formula is C13H19NO. The van der Waals surface area contributed by atoms with Crippen molar-refractivity contribution in [3.8, 4) is 0 Å². The lowest BCUT2D eigenvalue weighted by Gasteiger charge is -2.10. The number of ketones is 1. The van der Waals surface area contributed by atoms with E-state index in [1.807, 2.05) is 38.1 Å². The van der Waals surface area contributed by atoms with Crippen LogP contribution in [0.4, 0.5) is 0 Å². The summed E-state index contributed by atoms with van der Waals surface area (Å²) in [5.74, 6) is 0.273. The molecule has 2 heteroatoms. The fourth-order valence-corrected chi connectivity index (χ4v) is 1.58. The molecule has 0 aliphatic rings. The van der Waals surface area contributed by atoms with Crippen LogP contribution in [0.3, 0.4) is 0 Å². The molecule has 0 bridgehead atoms. The van der Waals surface area contributed by atoms with Crippen LogP contribution in [0.1, 0.15) is 24.5 Å². The van der Waals surface area contributed by atoms with Crippen LogP contribution in [0.5, 0.6) is 0 Å². The van der Waals surface area contributed by atoms with Crippen molar-refractivity contribution in [3.63, 3.8) is 0 Å². The van der Waals surface area contributed by atoms with Crippen molar-refractivity contribution >= 4 is 5.78 Å². The molecule has 82 valence electrons. The molecule has 2 N–H and O–H groups in total. The zero-order valence-electron chi connectivity index (χ0n) is 9.49. The van der Waals surface area contributed by atoms with Gasteiger partial charge in [-0.05, 0) is 18.9 Å². The summed E-state index contributed by atoms with van der Waals surface area (Å²) in [5.41, 5.74) is 7.84. The van der Waals surface area contributed by atoms with E-state index in [-0.39, 0.29) is 11.7 Å². The summed E-state index contributed by atoms with van der Waals surface area (Å²) < 4.78 is 0. The molecular weight excluding hydrogens is 186 g/mol. The van der Waals surface area contributed by atoms with Gasteiger partial charge in [-0.15, -0.1) is 0 Å². The van der Waals surface area contributed by atoms with E-state index in [0.717, 1.165) is 12.0 Å². The van der Waals surface area contributed by atoms with E-state index in [1.165, 1.54) is 5.56 Å². The minimum atomic E-state index is 0.0197. The predicted molar refractivity (Wildman–Crippen MR) is 62.7 cm³/mol. The molecule has 0 aliphatic carbocycles. The molecule has 1 aromatic rings. The number of hydrogen-bond acceptors (Lipinski definition) is 2. The van der Waals surface area contributed by atoms with Crippen molar-refractivity contribution in [2.45, 2.75) is 26.7 Å². The average molecular weight is 205 g/mol. The van der Waals surface area contributed by atoms with E-state index < -0.39 is 0 Å². The Morgan fingerprint density at radius 2 is 1.93 bits per heavy atom. The second-order valence-electron chi connectivity index (χ2n) is 3.97. The Morgan fingerprint density at radius 3 is 2.40 bits per heavy atom. The SMILES string of the molecule is CCC(CN)C(=O)Cc1ccc(C)cc1. The minimum Gasteiger partial charge on any atom is -0.330 e. The fraction of sp³-hybridized carbons (Fsp3) is 0.462. The van der Waals surface area contributed by atoms with Gasteiger partial charge in [0.25, 0.3) is 0 Å². The number of Topliss-reactive ketones (excluding diaryl/α,β-unsaturated/α-hetero) is 1. The smallest absolute Gasteiger partial charge is 0.141 e. The first-order valence-electron chi connectivity index (χ1n) is 5.45. The van der Waals surface area contributed by atoms with Crippen LogP contribution in [0.25, 0.3) is 0 Å². The molecule has 0 saturated heterocycles. The summed E-state index contributed by atoms with van der Waals surface area (Å²) in [6.45, 7) is 4.51. The lowest BCUT2D eigenvalue weighted by atomic mass is 9.95. The summed E-state index contributed by atoms with van der Waals surface area (Å²) in [5, 5.41) is 0. The molecule has 0 fully saturated rings. The van der Waals surface area contributed by atoms with E-state index in [0.29, 0.717) is 13.0 Å². The normalized spacial score (nSPS) is 12.5. The Balaban J connectivity index is 2.61. The van der Waals surface area contributed by atoms with Gasteiger partial charge in [0.1, 0.15) is 5.78 Å². The van der Waals surface area contributed by atoms with Gasteiger partial charge >= 0.3 is 0 Å². The quantitative estimate of drug-likeness (QED) is 0.800. The predicted octanol–water partition coefficient (Wildman–Crippen LogP) is 2.09. The molecule has 0 amide bonds. The first-order valence-corrected chi connectivity index (χ1v) is 5.45. The second-order valence-corrected chi connectivity index (χ2v) is 3.97. The average Bonchev–Trinajstić information content (AvgIpc) is 2.23. The highest BCUT2D eigenvalue weighted by Crippen LogP contribution is 2.09. The van der Waals surface area contributed by atoms with Gasteiger partial charge in [0.15, 0.2) is 0 Å². The largest absolute Gasteiger partial charge is 0.330 e. The second kappa shape index (κ2) is 5.66. The lowest BCUT2D eigenvalue weighted by Crippen LogP contribution is -2.24. The number of rotatable bonds is 5. The molecule has 0 radical (unpaired) electrons. The number of carbonyl (C=O) groups excluding carboxylic acids is 1. The number of aryl methyl sites for hydroxylation is 1. The number of nitrogens with two attached hydrogens (primary N) is 1. The molecule has 0 spiro atoms. The van der Waals surface area contributed by atoms with Crippen molar-refractivity contribution < 1.29 is 4.79 Å². The Bertz CT molecular complexity index is 312. The Labute approximate surface area is 91.5 Å². The van der Waals surface area contributed by atoms with Gasteiger partial charge in [0.2, 0.25) is 0 Å². The molecule has 1 atom stereocenters. The van der Waals surface area contributed by atoms with Crippen LogP contribution in [0.15, 0.2) is 24.3 Å². The van der Waals surface area contributed by atoms with Crippen LogP contribution < -0.4 is 5.73 Å². The van der Waals surface area contributed by atoms with Crippen LogP contribution in [-0.4, -0.2) is 12.3 Å². The maximum atomic E-state index is 11.8.